The number of halogens is 2. The molecule has 0 spiro atoms. The number of rotatable bonds is 2. The summed E-state index contributed by atoms with van der Waals surface area (Å²) in [4.78, 5) is 0. The Morgan fingerprint density at radius 1 is 1.58 bits per heavy atom. The van der Waals surface area contributed by atoms with Gasteiger partial charge >= 0.3 is 0 Å². The molecule has 1 aromatic heterocycles. The SMILES string of the molecule is ClCCCC#Cc1occc1Br. The summed E-state index contributed by atoms with van der Waals surface area (Å²) in [6.07, 6.45) is 3.35. The maximum absolute atomic E-state index is 5.49. The molecule has 0 radical (unpaired) electrons. The molecule has 0 bridgehead atoms. The van der Waals surface area contributed by atoms with E-state index in [4.69, 9.17) is 16.0 Å². The van der Waals surface area contributed by atoms with Crippen LogP contribution >= 0.6 is 27.5 Å². The van der Waals surface area contributed by atoms with E-state index in [0.29, 0.717) is 11.6 Å². The first-order valence-corrected chi connectivity index (χ1v) is 4.95. The zero-order chi connectivity index (χ0) is 8.81. The van der Waals surface area contributed by atoms with Crippen LogP contribution in [0.2, 0.25) is 0 Å². The van der Waals surface area contributed by atoms with E-state index in [-0.39, 0.29) is 0 Å². The average molecular weight is 248 g/mol. The van der Waals surface area contributed by atoms with Gasteiger partial charge in [-0.05, 0) is 34.3 Å². The fraction of sp³-hybridized carbons (Fsp3) is 0.333. The first kappa shape index (κ1) is 9.70. The molecule has 0 aliphatic heterocycles. The van der Waals surface area contributed by atoms with Gasteiger partial charge < -0.3 is 4.42 Å². The third-order valence-corrected chi connectivity index (χ3v) is 2.15. The summed E-state index contributed by atoms with van der Waals surface area (Å²) in [6, 6.07) is 1.82. The summed E-state index contributed by atoms with van der Waals surface area (Å²) in [5, 5.41) is 0. The van der Waals surface area contributed by atoms with Crippen molar-refractivity contribution >= 4 is 27.5 Å². The van der Waals surface area contributed by atoms with Crippen LogP contribution in [0, 0.1) is 11.8 Å². The second-order valence-corrected chi connectivity index (χ2v) is 3.42. The zero-order valence-corrected chi connectivity index (χ0v) is 8.78. The topological polar surface area (TPSA) is 13.1 Å². The van der Waals surface area contributed by atoms with Gasteiger partial charge in [0, 0.05) is 12.3 Å². The minimum atomic E-state index is 0.661. The van der Waals surface area contributed by atoms with Crippen LogP contribution in [0.3, 0.4) is 0 Å². The Morgan fingerprint density at radius 3 is 3.00 bits per heavy atom. The average Bonchev–Trinajstić information content (AvgIpc) is 2.46. The van der Waals surface area contributed by atoms with Crippen LogP contribution in [-0.2, 0) is 0 Å². The predicted molar refractivity (Wildman–Crippen MR) is 53.2 cm³/mol. The Hall–Kier alpha value is -0.390. The standard InChI is InChI=1S/C9H8BrClO/c10-8-5-7-12-9(8)4-2-1-3-6-11/h5,7H,1,3,6H2. The van der Waals surface area contributed by atoms with Crippen molar-refractivity contribution in [3.63, 3.8) is 0 Å². The Labute approximate surface area is 85.2 Å². The van der Waals surface area contributed by atoms with Crippen LogP contribution in [-0.4, -0.2) is 5.88 Å². The third kappa shape index (κ3) is 2.92. The highest BCUT2D eigenvalue weighted by molar-refractivity contribution is 9.10. The van der Waals surface area contributed by atoms with Crippen LogP contribution in [0.1, 0.15) is 18.6 Å². The van der Waals surface area contributed by atoms with Crippen LogP contribution in [0.15, 0.2) is 21.2 Å². The van der Waals surface area contributed by atoms with Crippen molar-refractivity contribution in [3.8, 4) is 11.8 Å². The Bertz CT molecular complexity index is 295. The molecule has 1 nitrogen and oxygen atoms in total. The third-order valence-electron chi connectivity index (χ3n) is 1.25. The monoisotopic (exact) mass is 246 g/mol. The molecule has 0 atom stereocenters. The highest BCUT2D eigenvalue weighted by Crippen LogP contribution is 2.15. The second-order valence-electron chi connectivity index (χ2n) is 2.19. The molecule has 0 saturated carbocycles. The van der Waals surface area contributed by atoms with Crippen LogP contribution in [0.5, 0.6) is 0 Å². The van der Waals surface area contributed by atoms with E-state index in [9.17, 15) is 0 Å². The van der Waals surface area contributed by atoms with Crippen LogP contribution < -0.4 is 0 Å². The van der Waals surface area contributed by atoms with Crippen LogP contribution in [0.4, 0.5) is 0 Å². The summed E-state index contributed by atoms with van der Waals surface area (Å²) in [5.41, 5.74) is 0. The molecule has 0 amide bonds. The lowest BCUT2D eigenvalue weighted by Gasteiger charge is -1.83. The molecule has 0 aliphatic rings. The van der Waals surface area contributed by atoms with Gasteiger partial charge in [-0.25, -0.2) is 0 Å². The molecule has 1 rings (SSSR count). The molecule has 0 aromatic carbocycles. The van der Waals surface area contributed by atoms with Crippen molar-refractivity contribution in [1.29, 1.82) is 0 Å². The largest absolute Gasteiger partial charge is 0.455 e. The fourth-order valence-electron chi connectivity index (χ4n) is 0.681. The van der Waals surface area contributed by atoms with Gasteiger partial charge in [-0.15, -0.1) is 11.6 Å². The van der Waals surface area contributed by atoms with Gasteiger partial charge in [0.05, 0.1) is 10.7 Å². The zero-order valence-electron chi connectivity index (χ0n) is 6.44. The van der Waals surface area contributed by atoms with E-state index in [0.717, 1.165) is 17.3 Å². The number of alkyl halides is 1. The van der Waals surface area contributed by atoms with E-state index in [1.807, 2.05) is 6.07 Å². The second kappa shape index (κ2) is 5.29. The highest BCUT2D eigenvalue weighted by Gasteiger charge is 1.96. The minimum Gasteiger partial charge on any atom is -0.455 e. The maximum atomic E-state index is 5.49. The van der Waals surface area contributed by atoms with E-state index >= 15 is 0 Å². The molecule has 0 aliphatic carbocycles. The molecule has 3 heteroatoms. The van der Waals surface area contributed by atoms with E-state index in [2.05, 4.69) is 27.8 Å². The van der Waals surface area contributed by atoms with Gasteiger partial charge in [0.25, 0.3) is 0 Å². The van der Waals surface area contributed by atoms with Crippen molar-refractivity contribution in [2.24, 2.45) is 0 Å². The fourth-order valence-corrected chi connectivity index (χ4v) is 1.12. The quantitative estimate of drug-likeness (QED) is 0.443. The smallest absolute Gasteiger partial charge is 0.190 e. The van der Waals surface area contributed by atoms with E-state index < -0.39 is 0 Å². The van der Waals surface area contributed by atoms with Gasteiger partial charge in [0.2, 0.25) is 0 Å². The van der Waals surface area contributed by atoms with E-state index in [1.165, 1.54) is 0 Å². The normalized spacial score (nSPS) is 9.17. The number of hydrogen-bond donors (Lipinski definition) is 0. The number of furan rings is 1. The maximum Gasteiger partial charge on any atom is 0.190 e. The highest BCUT2D eigenvalue weighted by atomic mass is 79.9. The molecule has 1 aromatic rings. The number of hydrogen-bond acceptors (Lipinski definition) is 1. The first-order chi connectivity index (χ1) is 5.84. The molecule has 1 heterocycles. The lowest BCUT2D eigenvalue weighted by atomic mass is 10.3. The summed E-state index contributed by atoms with van der Waals surface area (Å²) in [7, 11) is 0. The molecule has 0 unspecified atom stereocenters. The van der Waals surface area contributed by atoms with Crippen molar-refractivity contribution in [2.75, 3.05) is 5.88 Å². The Kier molecular flexibility index (Phi) is 4.27. The minimum absolute atomic E-state index is 0.661. The van der Waals surface area contributed by atoms with Gasteiger partial charge in [0.1, 0.15) is 0 Å². The molecular formula is C9H8BrClO. The molecule has 12 heavy (non-hydrogen) atoms. The van der Waals surface area contributed by atoms with Crippen molar-refractivity contribution in [2.45, 2.75) is 12.8 Å². The Morgan fingerprint density at radius 2 is 2.42 bits per heavy atom. The first-order valence-electron chi connectivity index (χ1n) is 3.62. The summed E-state index contributed by atoms with van der Waals surface area (Å²) >= 11 is 8.81. The molecule has 0 fully saturated rings. The van der Waals surface area contributed by atoms with Crippen molar-refractivity contribution in [3.05, 3.63) is 22.6 Å². The van der Waals surface area contributed by atoms with Crippen molar-refractivity contribution < 1.29 is 4.42 Å². The molecular weight excluding hydrogens is 239 g/mol. The lowest BCUT2D eigenvalue weighted by molar-refractivity contribution is 0.552. The molecule has 64 valence electrons. The van der Waals surface area contributed by atoms with Gasteiger partial charge in [-0.1, -0.05) is 5.92 Å². The van der Waals surface area contributed by atoms with Crippen molar-refractivity contribution in [1.82, 2.24) is 0 Å². The lowest BCUT2D eigenvalue weighted by Crippen LogP contribution is -1.72. The summed E-state index contributed by atoms with van der Waals surface area (Å²) in [5.74, 6) is 7.22. The van der Waals surface area contributed by atoms with Gasteiger partial charge in [-0.2, -0.15) is 0 Å². The molecule has 0 N–H and O–H groups in total. The number of unbranched alkanes of at least 4 members (excludes halogenated alkanes) is 1. The van der Waals surface area contributed by atoms with E-state index in [1.54, 1.807) is 6.26 Å². The molecule has 0 saturated heterocycles. The predicted octanol–water partition coefficient (Wildman–Crippen LogP) is 3.41. The van der Waals surface area contributed by atoms with Gasteiger partial charge in [-0.3, -0.25) is 0 Å². The Balaban J connectivity index is 2.49. The van der Waals surface area contributed by atoms with Crippen LogP contribution in [0.25, 0.3) is 0 Å². The summed E-state index contributed by atoms with van der Waals surface area (Å²) in [6.45, 7) is 0. The van der Waals surface area contributed by atoms with Gasteiger partial charge in [0.15, 0.2) is 5.76 Å². The summed E-state index contributed by atoms with van der Waals surface area (Å²) < 4.78 is 5.99.